The fourth-order valence-corrected chi connectivity index (χ4v) is 2.29. The van der Waals surface area contributed by atoms with Gasteiger partial charge >= 0.3 is 0 Å². The summed E-state index contributed by atoms with van der Waals surface area (Å²) >= 11 is 0. The van der Waals surface area contributed by atoms with E-state index in [-0.39, 0.29) is 5.91 Å². The molecular weight excluding hydrogens is 240 g/mol. The number of benzene rings is 1. The zero-order valence-corrected chi connectivity index (χ0v) is 11.1. The molecule has 0 aromatic heterocycles. The van der Waals surface area contributed by atoms with Gasteiger partial charge in [0.1, 0.15) is 5.75 Å². The first-order valence-electron chi connectivity index (χ1n) is 6.66. The fourth-order valence-electron chi connectivity index (χ4n) is 2.29. The Bertz CT molecular complexity index is 487. The van der Waals surface area contributed by atoms with E-state index in [1.807, 2.05) is 6.07 Å². The van der Waals surface area contributed by atoms with Crippen LogP contribution in [0.3, 0.4) is 0 Å². The maximum Gasteiger partial charge on any atom is 0.260 e. The molecule has 2 rings (SSSR count). The van der Waals surface area contributed by atoms with Crippen LogP contribution in [0.2, 0.25) is 0 Å². The first kappa shape index (κ1) is 13.4. The van der Waals surface area contributed by atoms with Gasteiger partial charge in [-0.05, 0) is 38.0 Å². The maximum absolute atomic E-state index is 12.0. The van der Waals surface area contributed by atoms with E-state index in [1.165, 1.54) is 12.8 Å². The largest absolute Gasteiger partial charge is 0.481 e. The van der Waals surface area contributed by atoms with Gasteiger partial charge in [-0.2, -0.15) is 5.26 Å². The molecule has 1 saturated carbocycles. The summed E-state index contributed by atoms with van der Waals surface area (Å²) in [6, 6.07) is 9.18. The molecule has 1 fully saturated rings. The number of hydrogen-bond acceptors (Lipinski definition) is 3. The van der Waals surface area contributed by atoms with E-state index in [0.717, 1.165) is 12.8 Å². The SMILES string of the molecule is C[C@@H](Oc1cccc(C#N)c1)C(=O)NC1CCCC1. The third-order valence-corrected chi connectivity index (χ3v) is 3.35. The van der Waals surface area contributed by atoms with Crippen molar-refractivity contribution in [3.8, 4) is 11.8 Å². The molecule has 1 N–H and O–H groups in total. The van der Waals surface area contributed by atoms with Crippen molar-refractivity contribution in [2.75, 3.05) is 0 Å². The lowest BCUT2D eigenvalue weighted by molar-refractivity contribution is -0.127. The summed E-state index contributed by atoms with van der Waals surface area (Å²) in [4.78, 5) is 12.0. The zero-order chi connectivity index (χ0) is 13.7. The van der Waals surface area contributed by atoms with Crippen molar-refractivity contribution < 1.29 is 9.53 Å². The molecule has 4 nitrogen and oxygen atoms in total. The van der Waals surface area contributed by atoms with Gasteiger partial charge in [-0.25, -0.2) is 0 Å². The molecule has 1 aromatic carbocycles. The molecule has 1 amide bonds. The van der Waals surface area contributed by atoms with Crippen molar-refractivity contribution in [3.63, 3.8) is 0 Å². The molecule has 19 heavy (non-hydrogen) atoms. The highest BCUT2D eigenvalue weighted by Gasteiger charge is 2.21. The summed E-state index contributed by atoms with van der Waals surface area (Å²) in [5.74, 6) is 0.461. The van der Waals surface area contributed by atoms with E-state index in [4.69, 9.17) is 10.00 Å². The van der Waals surface area contributed by atoms with Gasteiger partial charge in [0, 0.05) is 6.04 Å². The number of rotatable bonds is 4. The molecule has 4 heteroatoms. The topological polar surface area (TPSA) is 62.1 Å². The number of amides is 1. The van der Waals surface area contributed by atoms with Crippen molar-refractivity contribution in [3.05, 3.63) is 29.8 Å². The Balaban J connectivity index is 1.90. The van der Waals surface area contributed by atoms with E-state index in [1.54, 1.807) is 31.2 Å². The van der Waals surface area contributed by atoms with E-state index in [2.05, 4.69) is 5.32 Å². The minimum atomic E-state index is -0.547. The van der Waals surface area contributed by atoms with Gasteiger partial charge in [-0.3, -0.25) is 4.79 Å². The van der Waals surface area contributed by atoms with Crippen LogP contribution in [-0.2, 0) is 4.79 Å². The summed E-state index contributed by atoms with van der Waals surface area (Å²) in [6.07, 6.45) is 3.94. The number of carbonyl (C=O) groups is 1. The standard InChI is InChI=1S/C15H18N2O2/c1-11(15(18)17-13-6-2-3-7-13)19-14-8-4-5-12(9-14)10-16/h4-5,8-9,11,13H,2-3,6-7H2,1H3,(H,17,18)/t11-/m1/s1. The van der Waals surface area contributed by atoms with E-state index < -0.39 is 6.10 Å². The summed E-state index contributed by atoms with van der Waals surface area (Å²) < 4.78 is 5.57. The van der Waals surface area contributed by atoms with Gasteiger partial charge in [0.15, 0.2) is 6.10 Å². The Morgan fingerprint density at radius 1 is 1.47 bits per heavy atom. The molecule has 1 aliphatic carbocycles. The average molecular weight is 258 g/mol. The minimum absolute atomic E-state index is 0.0886. The molecule has 0 heterocycles. The van der Waals surface area contributed by atoms with Crippen LogP contribution in [0.15, 0.2) is 24.3 Å². The van der Waals surface area contributed by atoms with Gasteiger partial charge in [-0.1, -0.05) is 18.9 Å². The zero-order valence-electron chi connectivity index (χ0n) is 11.1. The van der Waals surface area contributed by atoms with Crippen LogP contribution < -0.4 is 10.1 Å². The molecular formula is C15H18N2O2. The Morgan fingerprint density at radius 2 is 2.21 bits per heavy atom. The number of nitriles is 1. The molecule has 1 atom stereocenters. The summed E-state index contributed by atoms with van der Waals surface area (Å²) in [7, 11) is 0. The smallest absolute Gasteiger partial charge is 0.260 e. The van der Waals surface area contributed by atoms with Crippen molar-refractivity contribution >= 4 is 5.91 Å². The second kappa shape index (κ2) is 6.24. The second-order valence-electron chi connectivity index (χ2n) is 4.89. The third-order valence-electron chi connectivity index (χ3n) is 3.35. The lowest BCUT2D eigenvalue weighted by Gasteiger charge is -2.18. The van der Waals surface area contributed by atoms with Crippen LogP contribution >= 0.6 is 0 Å². The first-order chi connectivity index (χ1) is 9.19. The van der Waals surface area contributed by atoms with Gasteiger partial charge in [0.25, 0.3) is 5.91 Å². The van der Waals surface area contributed by atoms with Gasteiger partial charge in [-0.15, -0.1) is 0 Å². The maximum atomic E-state index is 12.0. The number of nitrogens with zero attached hydrogens (tertiary/aromatic N) is 1. The van der Waals surface area contributed by atoms with Crippen LogP contribution in [-0.4, -0.2) is 18.1 Å². The molecule has 0 spiro atoms. The van der Waals surface area contributed by atoms with Crippen LogP contribution in [0.5, 0.6) is 5.75 Å². The number of nitrogens with one attached hydrogen (secondary N) is 1. The van der Waals surface area contributed by atoms with Crippen LogP contribution in [0, 0.1) is 11.3 Å². The quantitative estimate of drug-likeness (QED) is 0.902. The summed E-state index contributed by atoms with van der Waals surface area (Å²) in [6.45, 7) is 1.73. The first-order valence-corrected chi connectivity index (χ1v) is 6.66. The molecule has 100 valence electrons. The highest BCUT2D eigenvalue weighted by Crippen LogP contribution is 2.18. The molecule has 0 aliphatic heterocycles. The lowest BCUT2D eigenvalue weighted by atomic mass is 10.2. The third kappa shape index (κ3) is 3.72. The second-order valence-corrected chi connectivity index (χ2v) is 4.89. The number of ether oxygens (including phenoxy) is 1. The van der Waals surface area contributed by atoms with Crippen LogP contribution in [0.1, 0.15) is 38.2 Å². The minimum Gasteiger partial charge on any atom is -0.481 e. The number of carbonyl (C=O) groups excluding carboxylic acids is 1. The molecule has 1 aliphatic rings. The lowest BCUT2D eigenvalue weighted by Crippen LogP contribution is -2.41. The number of hydrogen-bond donors (Lipinski definition) is 1. The van der Waals surface area contributed by atoms with Gasteiger partial charge < -0.3 is 10.1 Å². The molecule has 0 radical (unpaired) electrons. The van der Waals surface area contributed by atoms with E-state index in [9.17, 15) is 4.79 Å². The fraction of sp³-hybridized carbons (Fsp3) is 0.467. The Morgan fingerprint density at radius 3 is 2.89 bits per heavy atom. The predicted octanol–water partition coefficient (Wildman–Crippen LogP) is 2.38. The molecule has 0 unspecified atom stereocenters. The average Bonchev–Trinajstić information content (AvgIpc) is 2.91. The van der Waals surface area contributed by atoms with Gasteiger partial charge in [0.05, 0.1) is 11.6 Å². The summed E-state index contributed by atoms with van der Waals surface area (Å²) in [5, 5.41) is 11.8. The van der Waals surface area contributed by atoms with Crippen molar-refractivity contribution in [1.82, 2.24) is 5.32 Å². The van der Waals surface area contributed by atoms with Gasteiger partial charge in [0.2, 0.25) is 0 Å². The highest BCUT2D eigenvalue weighted by molar-refractivity contribution is 5.81. The van der Waals surface area contributed by atoms with Crippen molar-refractivity contribution in [2.45, 2.75) is 44.8 Å². The van der Waals surface area contributed by atoms with E-state index in [0.29, 0.717) is 17.4 Å². The summed E-state index contributed by atoms with van der Waals surface area (Å²) in [5.41, 5.74) is 0.529. The Labute approximate surface area is 113 Å². The normalized spacial score (nSPS) is 16.6. The van der Waals surface area contributed by atoms with E-state index >= 15 is 0 Å². The van der Waals surface area contributed by atoms with Crippen LogP contribution in [0.25, 0.3) is 0 Å². The molecule has 0 saturated heterocycles. The molecule has 1 aromatic rings. The highest BCUT2D eigenvalue weighted by atomic mass is 16.5. The monoisotopic (exact) mass is 258 g/mol. The Kier molecular flexibility index (Phi) is 4.40. The van der Waals surface area contributed by atoms with Crippen molar-refractivity contribution in [2.24, 2.45) is 0 Å². The Hall–Kier alpha value is -2.02. The van der Waals surface area contributed by atoms with Crippen LogP contribution in [0.4, 0.5) is 0 Å². The predicted molar refractivity (Wildman–Crippen MR) is 71.6 cm³/mol. The van der Waals surface area contributed by atoms with Crippen molar-refractivity contribution in [1.29, 1.82) is 5.26 Å². The molecule has 0 bridgehead atoms.